The van der Waals surface area contributed by atoms with Gasteiger partial charge in [0, 0.05) is 24.0 Å². The Morgan fingerprint density at radius 3 is 2.50 bits per heavy atom. The second-order valence-electron chi connectivity index (χ2n) is 7.35. The van der Waals surface area contributed by atoms with Crippen molar-refractivity contribution in [1.82, 2.24) is 9.29 Å². The molecule has 4 aromatic rings. The van der Waals surface area contributed by atoms with Crippen LogP contribution in [0.5, 0.6) is 0 Å². The highest BCUT2D eigenvalue weighted by molar-refractivity contribution is 7.89. The molecule has 0 saturated carbocycles. The van der Waals surface area contributed by atoms with Crippen LogP contribution in [0.2, 0.25) is 0 Å². The number of benzene rings is 2. The number of hydrogen-bond acceptors (Lipinski definition) is 6. The number of carbonyl (C=O) groups excluding carboxylic acids is 1. The zero-order chi connectivity index (χ0) is 22.1. The lowest BCUT2D eigenvalue weighted by molar-refractivity contribution is 0.102. The van der Waals surface area contributed by atoms with Crippen molar-refractivity contribution in [3.63, 3.8) is 0 Å². The van der Waals surface area contributed by atoms with Crippen LogP contribution >= 0.6 is 22.7 Å². The van der Waals surface area contributed by atoms with Gasteiger partial charge in [0.05, 0.1) is 15.5 Å². The molecule has 3 heterocycles. The van der Waals surface area contributed by atoms with Gasteiger partial charge in [0.1, 0.15) is 0 Å². The molecule has 0 saturated heterocycles. The highest BCUT2D eigenvalue weighted by atomic mass is 32.2. The molecule has 1 amide bonds. The zero-order valence-electron chi connectivity index (χ0n) is 16.9. The molecule has 162 valence electrons. The van der Waals surface area contributed by atoms with E-state index in [1.54, 1.807) is 11.3 Å². The van der Waals surface area contributed by atoms with E-state index in [4.69, 9.17) is 0 Å². The Balaban J connectivity index is 1.29. The van der Waals surface area contributed by atoms with Crippen LogP contribution in [0.3, 0.4) is 0 Å². The summed E-state index contributed by atoms with van der Waals surface area (Å²) < 4.78 is 27.7. The average molecular weight is 482 g/mol. The molecule has 5 rings (SSSR count). The fourth-order valence-electron chi connectivity index (χ4n) is 3.64. The van der Waals surface area contributed by atoms with E-state index in [1.807, 2.05) is 47.2 Å². The summed E-state index contributed by atoms with van der Waals surface area (Å²) in [5, 5.41) is 7.16. The monoisotopic (exact) mass is 481 g/mol. The third-order valence-corrected chi connectivity index (χ3v) is 8.86. The van der Waals surface area contributed by atoms with E-state index in [1.165, 1.54) is 45.5 Å². The first kappa shape index (κ1) is 21.0. The molecule has 0 spiro atoms. The van der Waals surface area contributed by atoms with Crippen LogP contribution in [0.4, 0.5) is 5.13 Å². The second kappa shape index (κ2) is 8.59. The van der Waals surface area contributed by atoms with Gasteiger partial charge in [0.15, 0.2) is 5.13 Å². The third-order valence-electron chi connectivity index (χ3n) is 5.35. The van der Waals surface area contributed by atoms with E-state index in [2.05, 4.69) is 10.3 Å². The SMILES string of the molecule is O=C(Nc1nc(-c2cccs2)cs1)c1ccc(S(=O)(=O)N2CCc3ccccc3C2)cc1. The van der Waals surface area contributed by atoms with Crippen LogP contribution in [-0.2, 0) is 23.0 Å². The van der Waals surface area contributed by atoms with Gasteiger partial charge in [-0.15, -0.1) is 22.7 Å². The minimum Gasteiger partial charge on any atom is -0.298 e. The van der Waals surface area contributed by atoms with Crippen molar-refractivity contribution in [1.29, 1.82) is 0 Å². The second-order valence-corrected chi connectivity index (χ2v) is 11.1. The number of sulfonamides is 1. The molecule has 1 aliphatic heterocycles. The zero-order valence-corrected chi connectivity index (χ0v) is 19.3. The van der Waals surface area contributed by atoms with Gasteiger partial charge < -0.3 is 0 Å². The standard InChI is InChI=1S/C23H19N3O3S3/c27-22(25-23-24-20(15-31-23)21-6-3-13-30-21)17-7-9-19(10-8-17)32(28,29)26-12-11-16-4-1-2-5-18(16)14-26/h1-10,13,15H,11-12,14H2,(H,24,25,27). The van der Waals surface area contributed by atoms with E-state index in [0.717, 1.165) is 16.1 Å². The maximum Gasteiger partial charge on any atom is 0.257 e. The van der Waals surface area contributed by atoms with Crippen molar-refractivity contribution in [2.45, 2.75) is 17.9 Å². The van der Waals surface area contributed by atoms with Crippen LogP contribution in [0, 0.1) is 0 Å². The third kappa shape index (κ3) is 4.12. The quantitative estimate of drug-likeness (QED) is 0.441. The Hall–Kier alpha value is -2.85. The average Bonchev–Trinajstić information content (AvgIpc) is 3.51. The summed E-state index contributed by atoms with van der Waals surface area (Å²) in [6.07, 6.45) is 0.692. The largest absolute Gasteiger partial charge is 0.298 e. The lowest BCUT2D eigenvalue weighted by Crippen LogP contribution is -2.35. The van der Waals surface area contributed by atoms with E-state index in [9.17, 15) is 13.2 Å². The van der Waals surface area contributed by atoms with Gasteiger partial charge in [0.25, 0.3) is 5.91 Å². The van der Waals surface area contributed by atoms with Crippen molar-refractivity contribution in [2.24, 2.45) is 0 Å². The molecule has 0 bridgehead atoms. The van der Waals surface area contributed by atoms with Gasteiger partial charge in [-0.2, -0.15) is 4.31 Å². The minimum atomic E-state index is -3.64. The summed E-state index contributed by atoms with van der Waals surface area (Å²) in [4.78, 5) is 18.3. The molecule has 2 aromatic carbocycles. The van der Waals surface area contributed by atoms with Crippen molar-refractivity contribution >= 4 is 43.7 Å². The van der Waals surface area contributed by atoms with E-state index < -0.39 is 10.0 Å². The summed E-state index contributed by atoms with van der Waals surface area (Å²) >= 11 is 2.94. The normalized spacial score (nSPS) is 14.1. The van der Waals surface area contributed by atoms with Crippen LogP contribution < -0.4 is 5.32 Å². The van der Waals surface area contributed by atoms with Gasteiger partial charge in [-0.25, -0.2) is 13.4 Å². The van der Waals surface area contributed by atoms with E-state index in [-0.39, 0.29) is 10.8 Å². The van der Waals surface area contributed by atoms with Gasteiger partial charge in [-0.1, -0.05) is 30.3 Å². The number of anilines is 1. The van der Waals surface area contributed by atoms with E-state index >= 15 is 0 Å². The molecule has 1 N–H and O–H groups in total. The molecule has 1 aliphatic rings. The molecule has 0 atom stereocenters. The number of nitrogens with one attached hydrogen (secondary N) is 1. The van der Waals surface area contributed by atoms with Crippen molar-refractivity contribution in [3.8, 4) is 10.6 Å². The highest BCUT2D eigenvalue weighted by Gasteiger charge is 2.28. The summed E-state index contributed by atoms with van der Waals surface area (Å²) in [6.45, 7) is 0.801. The lowest BCUT2D eigenvalue weighted by Gasteiger charge is -2.28. The molecule has 0 unspecified atom stereocenters. The Morgan fingerprint density at radius 1 is 0.969 bits per heavy atom. The number of aromatic nitrogens is 1. The molecule has 0 aliphatic carbocycles. The summed E-state index contributed by atoms with van der Waals surface area (Å²) in [7, 11) is -3.64. The van der Waals surface area contributed by atoms with Crippen LogP contribution in [0.1, 0.15) is 21.5 Å². The first-order chi connectivity index (χ1) is 15.5. The van der Waals surface area contributed by atoms with Crippen LogP contribution in [0.25, 0.3) is 10.6 Å². The van der Waals surface area contributed by atoms with Crippen molar-refractivity contribution in [3.05, 3.63) is 88.1 Å². The lowest BCUT2D eigenvalue weighted by atomic mass is 10.0. The summed E-state index contributed by atoms with van der Waals surface area (Å²) in [5.41, 5.74) is 3.42. The first-order valence-electron chi connectivity index (χ1n) is 9.98. The highest BCUT2D eigenvalue weighted by Crippen LogP contribution is 2.29. The molecule has 6 nitrogen and oxygen atoms in total. The number of amides is 1. The Labute approximate surface area is 194 Å². The Kier molecular flexibility index (Phi) is 5.64. The molecule has 0 radical (unpaired) electrons. The van der Waals surface area contributed by atoms with Gasteiger partial charge in [0.2, 0.25) is 10.0 Å². The predicted molar refractivity (Wildman–Crippen MR) is 128 cm³/mol. The number of fused-ring (bicyclic) bond motifs is 1. The van der Waals surface area contributed by atoms with Crippen molar-refractivity contribution < 1.29 is 13.2 Å². The number of carbonyl (C=O) groups is 1. The molecule has 32 heavy (non-hydrogen) atoms. The maximum absolute atomic E-state index is 13.1. The number of thiazole rings is 1. The van der Waals surface area contributed by atoms with Crippen LogP contribution in [-0.4, -0.2) is 30.2 Å². The van der Waals surface area contributed by atoms with Gasteiger partial charge >= 0.3 is 0 Å². The number of hydrogen-bond donors (Lipinski definition) is 1. The Morgan fingerprint density at radius 2 is 1.75 bits per heavy atom. The molecular weight excluding hydrogens is 462 g/mol. The minimum absolute atomic E-state index is 0.183. The van der Waals surface area contributed by atoms with Gasteiger partial charge in [-0.05, 0) is 53.3 Å². The number of thiophene rings is 1. The maximum atomic E-state index is 13.1. The fraction of sp³-hybridized carbons (Fsp3) is 0.130. The topological polar surface area (TPSA) is 79.4 Å². The van der Waals surface area contributed by atoms with Crippen LogP contribution in [0.15, 0.2) is 76.3 Å². The van der Waals surface area contributed by atoms with Gasteiger partial charge in [-0.3, -0.25) is 10.1 Å². The molecule has 0 fully saturated rings. The summed E-state index contributed by atoms with van der Waals surface area (Å²) in [5.74, 6) is -0.326. The van der Waals surface area contributed by atoms with Crippen molar-refractivity contribution in [2.75, 3.05) is 11.9 Å². The molecule has 9 heteroatoms. The molecule has 2 aromatic heterocycles. The molecular formula is C23H19N3O3S3. The smallest absolute Gasteiger partial charge is 0.257 e. The summed E-state index contributed by atoms with van der Waals surface area (Å²) in [6, 6.07) is 17.9. The van der Waals surface area contributed by atoms with E-state index in [0.29, 0.717) is 30.2 Å². The fourth-order valence-corrected chi connectivity index (χ4v) is 6.53. The first-order valence-corrected chi connectivity index (χ1v) is 13.2. The number of nitrogens with zero attached hydrogens (tertiary/aromatic N) is 2. The number of rotatable bonds is 5. The Bertz CT molecular complexity index is 1360. The predicted octanol–water partition coefficient (Wildman–Crippen LogP) is 4.87.